The van der Waals surface area contributed by atoms with Gasteiger partial charge in [0.1, 0.15) is 0 Å². The molecule has 0 aliphatic rings. The van der Waals surface area contributed by atoms with Crippen LogP contribution in [0.5, 0.6) is 0 Å². The highest BCUT2D eigenvalue weighted by Crippen LogP contribution is 2.05. The zero-order valence-electron chi connectivity index (χ0n) is 7.39. The van der Waals surface area contributed by atoms with Gasteiger partial charge in [-0.25, -0.2) is 4.79 Å². The van der Waals surface area contributed by atoms with Gasteiger partial charge in [-0.15, -0.1) is 0 Å². The summed E-state index contributed by atoms with van der Waals surface area (Å²) in [6.45, 7) is 8.82. The molecule has 0 heterocycles. The van der Waals surface area contributed by atoms with E-state index in [9.17, 15) is 4.79 Å². The Balaban J connectivity index is 4.47. The molecule has 0 amide bonds. The highest BCUT2D eigenvalue weighted by atomic mass is 16.5. The van der Waals surface area contributed by atoms with Crippen molar-refractivity contribution in [2.75, 3.05) is 7.11 Å². The average Bonchev–Trinajstić information content (AvgIpc) is 2.06. The largest absolute Gasteiger partial charge is 0.465 e. The van der Waals surface area contributed by atoms with Crippen molar-refractivity contribution in [3.05, 3.63) is 36.7 Å². The summed E-state index contributed by atoms with van der Waals surface area (Å²) in [7, 11) is 1.33. The summed E-state index contributed by atoms with van der Waals surface area (Å²) in [5.41, 5.74) is 0.900. The van der Waals surface area contributed by atoms with Crippen molar-refractivity contribution in [1.82, 2.24) is 5.32 Å². The average molecular weight is 167 g/mol. The molecule has 12 heavy (non-hydrogen) atoms. The second-order valence-corrected chi connectivity index (χ2v) is 2.02. The third-order valence-electron chi connectivity index (χ3n) is 1.30. The number of ether oxygens (including phenoxy) is 1. The molecule has 0 aliphatic carbocycles. The fourth-order valence-corrected chi connectivity index (χ4v) is 0.726. The maximum atomic E-state index is 11.0. The van der Waals surface area contributed by atoms with Crippen LogP contribution in [0.3, 0.4) is 0 Å². The molecule has 0 atom stereocenters. The summed E-state index contributed by atoms with van der Waals surface area (Å²) in [5.74, 6) is -0.406. The number of rotatable bonds is 4. The van der Waals surface area contributed by atoms with E-state index in [0.717, 1.165) is 0 Å². The van der Waals surface area contributed by atoms with Gasteiger partial charge in [-0.1, -0.05) is 19.2 Å². The van der Waals surface area contributed by atoms with Gasteiger partial charge < -0.3 is 10.1 Å². The standard InChI is InChI=1S/C9H13NO2/c1-5-8(9(11)12-4)7(3)10-6-2/h5-6,10H,2-3H2,1,4H3/b8-5+. The Hall–Kier alpha value is -1.51. The summed E-state index contributed by atoms with van der Waals surface area (Å²) >= 11 is 0. The van der Waals surface area contributed by atoms with E-state index in [1.807, 2.05) is 0 Å². The van der Waals surface area contributed by atoms with Crippen LogP contribution in [0.1, 0.15) is 6.92 Å². The molecule has 0 saturated heterocycles. The molecule has 66 valence electrons. The predicted octanol–water partition coefficient (Wildman–Crippen LogP) is 1.35. The van der Waals surface area contributed by atoms with Gasteiger partial charge in [-0.2, -0.15) is 0 Å². The van der Waals surface area contributed by atoms with Gasteiger partial charge in [0.2, 0.25) is 0 Å². The summed E-state index contributed by atoms with van der Waals surface area (Å²) in [5, 5.41) is 2.71. The molecule has 0 unspecified atom stereocenters. The molecule has 0 aromatic carbocycles. The number of hydrogen-bond donors (Lipinski definition) is 1. The first-order chi connectivity index (χ1) is 5.67. The molecule has 0 fully saturated rings. The molecule has 0 radical (unpaired) electrons. The highest BCUT2D eigenvalue weighted by Gasteiger charge is 2.10. The van der Waals surface area contributed by atoms with E-state index in [0.29, 0.717) is 11.3 Å². The maximum Gasteiger partial charge on any atom is 0.339 e. The summed E-state index contributed by atoms with van der Waals surface area (Å²) in [6.07, 6.45) is 3.08. The minimum absolute atomic E-state index is 0.406. The van der Waals surface area contributed by atoms with Gasteiger partial charge in [-0.3, -0.25) is 0 Å². The lowest BCUT2D eigenvalue weighted by atomic mass is 10.2. The number of allylic oxidation sites excluding steroid dienone is 1. The summed E-state index contributed by atoms with van der Waals surface area (Å²) in [6, 6.07) is 0. The molecule has 3 nitrogen and oxygen atoms in total. The zero-order valence-corrected chi connectivity index (χ0v) is 7.39. The molecule has 0 spiro atoms. The third kappa shape index (κ3) is 2.62. The molecule has 0 saturated carbocycles. The van der Waals surface area contributed by atoms with Gasteiger partial charge in [0, 0.05) is 5.70 Å². The first-order valence-corrected chi connectivity index (χ1v) is 3.48. The third-order valence-corrected chi connectivity index (χ3v) is 1.30. The van der Waals surface area contributed by atoms with Crippen molar-refractivity contribution >= 4 is 5.97 Å². The molecular formula is C9H13NO2. The first kappa shape index (κ1) is 10.5. The van der Waals surface area contributed by atoms with Crippen LogP contribution < -0.4 is 5.32 Å². The molecule has 0 aromatic heterocycles. The number of hydrogen-bond acceptors (Lipinski definition) is 3. The molecule has 0 rings (SSSR count). The summed E-state index contributed by atoms with van der Waals surface area (Å²) < 4.78 is 4.53. The minimum atomic E-state index is -0.406. The van der Waals surface area contributed by atoms with Crippen molar-refractivity contribution in [2.45, 2.75) is 6.92 Å². The van der Waals surface area contributed by atoms with Gasteiger partial charge in [-0.05, 0) is 13.1 Å². The Kier molecular flexibility index (Phi) is 4.53. The lowest BCUT2D eigenvalue weighted by Crippen LogP contribution is -2.14. The Morgan fingerprint density at radius 2 is 2.17 bits per heavy atom. The van der Waals surface area contributed by atoms with Crippen LogP contribution in [0.4, 0.5) is 0 Å². The highest BCUT2D eigenvalue weighted by molar-refractivity contribution is 5.92. The van der Waals surface area contributed by atoms with Gasteiger partial charge in [0.05, 0.1) is 12.7 Å². The molecule has 0 bridgehead atoms. The van der Waals surface area contributed by atoms with Crippen LogP contribution in [0.15, 0.2) is 36.7 Å². The number of nitrogens with one attached hydrogen (secondary N) is 1. The Labute approximate surface area is 72.4 Å². The molecule has 3 heteroatoms. The van der Waals surface area contributed by atoms with Crippen LogP contribution >= 0.6 is 0 Å². The lowest BCUT2D eigenvalue weighted by molar-refractivity contribution is -0.135. The molecule has 1 N–H and O–H groups in total. The topological polar surface area (TPSA) is 38.3 Å². The molecule has 0 aliphatic heterocycles. The van der Waals surface area contributed by atoms with Crippen molar-refractivity contribution < 1.29 is 9.53 Å². The van der Waals surface area contributed by atoms with Crippen LogP contribution in [0.2, 0.25) is 0 Å². The van der Waals surface area contributed by atoms with E-state index in [1.165, 1.54) is 13.3 Å². The van der Waals surface area contributed by atoms with Crippen LogP contribution in [0, 0.1) is 0 Å². The predicted molar refractivity (Wildman–Crippen MR) is 48.2 cm³/mol. The molecular weight excluding hydrogens is 154 g/mol. The monoisotopic (exact) mass is 167 g/mol. The quantitative estimate of drug-likeness (QED) is 0.390. The Morgan fingerprint density at radius 1 is 1.58 bits per heavy atom. The Bertz CT molecular complexity index is 229. The zero-order chi connectivity index (χ0) is 9.56. The first-order valence-electron chi connectivity index (χ1n) is 3.48. The van der Waals surface area contributed by atoms with Crippen LogP contribution in [-0.4, -0.2) is 13.1 Å². The fraction of sp³-hybridized carbons (Fsp3) is 0.222. The Morgan fingerprint density at radius 3 is 2.50 bits per heavy atom. The van der Waals surface area contributed by atoms with E-state index in [1.54, 1.807) is 13.0 Å². The second kappa shape index (κ2) is 5.18. The molecule has 0 aromatic rings. The van der Waals surface area contributed by atoms with Gasteiger partial charge in [0.15, 0.2) is 0 Å². The normalized spacial score (nSPS) is 10.3. The van der Waals surface area contributed by atoms with E-state index in [2.05, 4.69) is 23.2 Å². The van der Waals surface area contributed by atoms with E-state index in [-0.39, 0.29) is 0 Å². The van der Waals surface area contributed by atoms with Gasteiger partial charge in [0.25, 0.3) is 0 Å². The minimum Gasteiger partial charge on any atom is -0.465 e. The van der Waals surface area contributed by atoms with Crippen LogP contribution in [0.25, 0.3) is 0 Å². The van der Waals surface area contributed by atoms with E-state index < -0.39 is 5.97 Å². The van der Waals surface area contributed by atoms with Gasteiger partial charge >= 0.3 is 5.97 Å². The number of carbonyl (C=O) groups is 1. The second-order valence-electron chi connectivity index (χ2n) is 2.02. The van der Waals surface area contributed by atoms with Crippen molar-refractivity contribution in [3.8, 4) is 0 Å². The van der Waals surface area contributed by atoms with E-state index in [4.69, 9.17) is 0 Å². The summed E-state index contributed by atoms with van der Waals surface area (Å²) in [4.78, 5) is 11.0. The lowest BCUT2D eigenvalue weighted by Gasteiger charge is -2.06. The SMILES string of the molecule is C=CNC(=C)/C(=C\C)C(=O)OC. The smallest absolute Gasteiger partial charge is 0.339 e. The number of methoxy groups -OCH3 is 1. The number of esters is 1. The van der Waals surface area contributed by atoms with Crippen LogP contribution in [-0.2, 0) is 9.53 Å². The van der Waals surface area contributed by atoms with E-state index >= 15 is 0 Å². The number of carbonyl (C=O) groups excluding carboxylic acids is 1. The fourth-order valence-electron chi connectivity index (χ4n) is 0.726. The van der Waals surface area contributed by atoms with Crippen molar-refractivity contribution in [2.24, 2.45) is 0 Å². The van der Waals surface area contributed by atoms with Crippen molar-refractivity contribution in [1.29, 1.82) is 0 Å². The van der Waals surface area contributed by atoms with Crippen molar-refractivity contribution in [3.63, 3.8) is 0 Å². The maximum absolute atomic E-state index is 11.0.